The monoisotopic (exact) mass is 350 g/mol. The Morgan fingerprint density at radius 3 is 2.52 bits per heavy atom. The van der Waals surface area contributed by atoms with Gasteiger partial charge in [-0.15, -0.1) is 0 Å². The highest BCUT2D eigenvalue weighted by molar-refractivity contribution is 9.10. The lowest BCUT2D eigenvalue weighted by Crippen LogP contribution is -2.49. The first kappa shape index (κ1) is 15.5. The molecule has 3 atom stereocenters. The second kappa shape index (κ2) is 6.80. The fourth-order valence-electron chi connectivity index (χ4n) is 4.24. The van der Waals surface area contributed by atoms with E-state index in [9.17, 15) is 0 Å². The number of hydrogen-bond donors (Lipinski definition) is 1. The Labute approximate surface area is 137 Å². The normalized spacial score (nSPS) is 29.8. The van der Waals surface area contributed by atoms with Gasteiger partial charge >= 0.3 is 0 Å². The molecule has 0 saturated carbocycles. The molecule has 3 rings (SSSR count). The fraction of sp³-hybridized carbons (Fsp3) is 0.667. The summed E-state index contributed by atoms with van der Waals surface area (Å²) in [5.41, 5.74) is 1.43. The van der Waals surface area contributed by atoms with E-state index in [2.05, 4.69) is 64.3 Å². The van der Waals surface area contributed by atoms with Crippen LogP contribution >= 0.6 is 15.9 Å². The first-order valence-corrected chi connectivity index (χ1v) is 9.24. The van der Waals surface area contributed by atoms with Crippen molar-refractivity contribution in [3.63, 3.8) is 0 Å². The van der Waals surface area contributed by atoms with Gasteiger partial charge in [-0.25, -0.2) is 0 Å². The van der Waals surface area contributed by atoms with E-state index in [-0.39, 0.29) is 0 Å². The van der Waals surface area contributed by atoms with E-state index in [0.717, 1.165) is 18.1 Å². The van der Waals surface area contributed by atoms with Crippen LogP contribution in [0, 0.1) is 0 Å². The lowest BCUT2D eigenvalue weighted by molar-refractivity contribution is 0.101. The SMILES string of the molecule is CCCN(C1CC2CCC(C1)N2)C(C)c1ccccc1Br. The van der Waals surface area contributed by atoms with Crippen molar-refractivity contribution >= 4 is 15.9 Å². The number of rotatable bonds is 5. The summed E-state index contributed by atoms with van der Waals surface area (Å²) in [5, 5.41) is 3.77. The van der Waals surface area contributed by atoms with Crippen molar-refractivity contribution in [2.75, 3.05) is 6.54 Å². The van der Waals surface area contributed by atoms with Crippen LogP contribution in [-0.2, 0) is 0 Å². The molecule has 2 aliphatic heterocycles. The molecular weight excluding hydrogens is 324 g/mol. The minimum atomic E-state index is 0.489. The van der Waals surface area contributed by atoms with Crippen LogP contribution in [0.4, 0.5) is 0 Å². The summed E-state index contributed by atoms with van der Waals surface area (Å²) in [6.07, 6.45) is 6.64. The van der Waals surface area contributed by atoms with Crippen LogP contribution in [0.15, 0.2) is 28.7 Å². The van der Waals surface area contributed by atoms with E-state index < -0.39 is 0 Å². The lowest BCUT2D eigenvalue weighted by Gasteiger charge is -2.41. The summed E-state index contributed by atoms with van der Waals surface area (Å²) in [6.45, 7) is 5.88. The van der Waals surface area contributed by atoms with Gasteiger partial charge in [-0.05, 0) is 57.2 Å². The molecule has 2 nitrogen and oxygen atoms in total. The number of hydrogen-bond acceptors (Lipinski definition) is 2. The van der Waals surface area contributed by atoms with Crippen molar-refractivity contribution in [1.29, 1.82) is 0 Å². The zero-order chi connectivity index (χ0) is 14.8. The van der Waals surface area contributed by atoms with Crippen molar-refractivity contribution in [2.24, 2.45) is 0 Å². The smallest absolute Gasteiger partial charge is 0.0334 e. The quantitative estimate of drug-likeness (QED) is 0.840. The van der Waals surface area contributed by atoms with E-state index in [1.165, 1.54) is 48.7 Å². The Bertz CT molecular complexity index is 464. The molecule has 3 heteroatoms. The molecule has 3 unspecified atom stereocenters. The zero-order valence-corrected chi connectivity index (χ0v) is 14.8. The van der Waals surface area contributed by atoms with Gasteiger partial charge in [-0.2, -0.15) is 0 Å². The van der Waals surface area contributed by atoms with Gasteiger partial charge in [0, 0.05) is 28.6 Å². The van der Waals surface area contributed by atoms with Crippen LogP contribution in [0.5, 0.6) is 0 Å². The summed E-state index contributed by atoms with van der Waals surface area (Å²) in [5.74, 6) is 0. The average Bonchev–Trinajstić information content (AvgIpc) is 2.83. The molecular formula is C18H27BrN2. The van der Waals surface area contributed by atoms with Gasteiger partial charge in [0.2, 0.25) is 0 Å². The number of piperidine rings is 1. The molecule has 116 valence electrons. The molecule has 0 amide bonds. The summed E-state index contributed by atoms with van der Waals surface area (Å²) in [6, 6.07) is 11.5. The van der Waals surface area contributed by atoms with E-state index in [1.54, 1.807) is 0 Å². The molecule has 2 aliphatic rings. The van der Waals surface area contributed by atoms with E-state index in [4.69, 9.17) is 0 Å². The average molecular weight is 351 g/mol. The molecule has 1 N–H and O–H groups in total. The van der Waals surface area contributed by atoms with Gasteiger partial charge in [0.15, 0.2) is 0 Å². The van der Waals surface area contributed by atoms with E-state index in [0.29, 0.717) is 6.04 Å². The molecule has 2 heterocycles. The van der Waals surface area contributed by atoms with Crippen LogP contribution in [0.25, 0.3) is 0 Å². The number of nitrogens with one attached hydrogen (secondary N) is 1. The molecule has 1 aromatic carbocycles. The Balaban J connectivity index is 1.79. The van der Waals surface area contributed by atoms with Crippen LogP contribution in [0.2, 0.25) is 0 Å². The molecule has 2 bridgehead atoms. The summed E-state index contributed by atoms with van der Waals surface area (Å²) in [4.78, 5) is 2.76. The molecule has 2 saturated heterocycles. The molecule has 2 fully saturated rings. The molecule has 0 spiro atoms. The maximum atomic E-state index is 3.77. The maximum Gasteiger partial charge on any atom is 0.0334 e. The summed E-state index contributed by atoms with van der Waals surface area (Å²) < 4.78 is 1.25. The minimum absolute atomic E-state index is 0.489. The summed E-state index contributed by atoms with van der Waals surface area (Å²) >= 11 is 3.74. The molecule has 0 radical (unpaired) electrons. The zero-order valence-electron chi connectivity index (χ0n) is 13.2. The number of benzene rings is 1. The first-order valence-electron chi connectivity index (χ1n) is 8.45. The van der Waals surface area contributed by atoms with Gasteiger partial charge in [0.05, 0.1) is 0 Å². The lowest BCUT2D eigenvalue weighted by atomic mass is 9.95. The number of fused-ring (bicyclic) bond motifs is 2. The van der Waals surface area contributed by atoms with E-state index in [1.807, 2.05) is 0 Å². The topological polar surface area (TPSA) is 15.3 Å². The third-order valence-electron chi connectivity index (χ3n) is 5.25. The highest BCUT2D eigenvalue weighted by Gasteiger charge is 2.37. The highest BCUT2D eigenvalue weighted by atomic mass is 79.9. The van der Waals surface area contributed by atoms with Crippen molar-refractivity contribution in [1.82, 2.24) is 10.2 Å². The van der Waals surface area contributed by atoms with Gasteiger partial charge in [0.25, 0.3) is 0 Å². The number of halogens is 1. The second-order valence-corrected chi connectivity index (χ2v) is 7.55. The van der Waals surface area contributed by atoms with Gasteiger partial charge in [0.1, 0.15) is 0 Å². The fourth-order valence-corrected chi connectivity index (χ4v) is 4.86. The van der Waals surface area contributed by atoms with Crippen LogP contribution < -0.4 is 5.32 Å². The second-order valence-electron chi connectivity index (χ2n) is 6.70. The third kappa shape index (κ3) is 3.35. The van der Waals surface area contributed by atoms with Gasteiger partial charge in [-0.3, -0.25) is 4.90 Å². The minimum Gasteiger partial charge on any atom is -0.311 e. The molecule has 1 aromatic rings. The first-order chi connectivity index (χ1) is 10.2. The van der Waals surface area contributed by atoms with E-state index >= 15 is 0 Å². The predicted molar refractivity (Wildman–Crippen MR) is 92.5 cm³/mol. The van der Waals surface area contributed by atoms with Gasteiger partial charge < -0.3 is 5.32 Å². The molecule has 21 heavy (non-hydrogen) atoms. The van der Waals surface area contributed by atoms with Crippen LogP contribution in [-0.4, -0.2) is 29.6 Å². The molecule has 0 aromatic heterocycles. The Morgan fingerprint density at radius 2 is 1.90 bits per heavy atom. The maximum absolute atomic E-state index is 3.77. The predicted octanol–water partition coefficient (Wildman–Crippen LogP) is 4.51. The largest absolute Gasteiger partial charge is 0.311 e. The third-order valence-corrected chi connectivity index (χ3v) is 5.97. The number of nitrogens with zero attached hydrogens (tertiary/aromatic N) is 1. The van der Waals surface area contributed by atoms with Crippen LogP contribution in [0.3, 0.4) is 0 Å². The van der Waals surface area contributed by atoms with Gasteiger partial charge in [-0.1, -0.05) is 41.1 Å². The Hall–Kier alpha value is -0.380. The summed E-state index contributed by atoms with van der Waals surface area (Å²) in [7, 11) is 0. The van der Waals surface area contributed by atoms with Crippen molar-refractivity contribution in [3.8, 4) is 0 Å². The standard InChI is InChI=1S/C18H27BrN2/c1-3-10-21(13(2)17-6-4-5-7-18(17)19)16-11-14-8-9-15(12-16)20-14/h4-7,13-16,20H,3,8-12H2,1-2H3. The van der Waals surface area contributed by atoms with Crippen molar-refractivity contribution in [2.45, 2.75) is 70.1 Å². The molecule has 0 aliphatic carbocycles. The van der Waals surface area contributed by atoms with Crippen LogP contribution in [0.1, 0.15) is 57.6 Å². The van der Waals surface area contributed by atoms with Crippen molar-refractivity contribution in [3.05, 3.63) is 34.3 Å². The van der Waals surface area contributed by atoms with Crippen molar-refractivity contribution < 1.29 is 0 Å². The Kier molecular flexibility index (Phi) is 5.03. The Morgan fingerprint density at radius 1 is 1.24 bits per heavy atom. The highest BCUT2D eigenvalue weighted by Crippen LogP contribution is 2.35.